The van der Waals surface area contributed by atoms with Crippen molar-refractivity contribution in [2.24, 2.45) is 0 Å². The lowest BCUT2D eigenvalue weighted by molar-refractivity contribution is -0.121. The zero-order valence-corrected chi connectivity index (χ0v) is 14.7. The van der Waals surface area contributed by atoms with Gasteiger partial charge in [0.15, 0.2) is 0 Å². The number of hydrogen-bond donors (Lipinski definition) is 1. The molecule has 0 spiro atoms. The van der Waals surface area contributed by atoms with E-state index >= 15 is 0 Å². The van der Waals surface area contributed by atoms with Crippen molar-refractivity contribution >= 4 is 5.91 Å². The van der Waals surface area contributed by atoms with E-state index in [-0.39, 0.29) is 17.3 Å². The first-order valence-electron chi connectivity index (χ1n) is 8.74. The molecule has 0 atom stereocenters. The molecule has 1 N–H and O–H groups in total. The van der Waals surface area contributed by atoms with Crippen LogP contribution in [-0.4, -0.2) is 29.2 Å². The number of rotatable bonds is 9. The summed E-state index contributed by atoms with van der Waals surface area (Å²) < 4.78 is 24.4. The van der Waals surface area contributed by atoms with Crippen LogP contribution in [0.4, 0.5) is 4.39 Å². The van der Waals surface area contributed by atoms with E-state index in [4.69, 9.17) is 9.26 Å². The number of nitrogens with zero attached hydrogens (tertiary/aromatic N) is 2. The average molecular weight is 369 g/mol. The predicted octanol–water partition coefficient (Wildman–Crippen LogP) is 3.39. The second-order valence-corrected chi connectivity index (χ2v) is 5.86. The average Bonchev–Trinajstić information content (AvgIpc) is 3.15. The zero-order chi connectivity index (χ0) is 18.9. The first kappa shape index (κ1) is 18.6. The van der Waals surface area contributed by atoms with Gasteiger partial charge < -0.3 is 14.6 Å². The quantitative estimate of drug-likeness (QED) is 0.585. The first-order chi connectivity index (χ1) is 13.2. The van der Waals surface area contributed by atoms with E-state index in [0.29, 0.717) is 38.3 Å². The van der Waals surface area contributed by atoms with E-state index in [2.05, 4.69) is 15.5 Å². The standard InChI is InChI=1S/C20H20FN3O3/c21-17-10-5-4-9-16(17)20-23-19(27-24-20)12-13-22-18(25)11-6-14-26-15-7-2-1-3-8-15/h1-5,7-10H,6,11-14H2,(H,22,25). The van der Waals surface area contributed by atoms with Gasteiger partial charge in [-0.15, -0.1) is 0 Å². The van der Waals surface area contributed by atoms with Gasteiger partial charge in [0.2, 0.25) is 17.6 Å². The van der Waals surface area contributed by atoms with Crippen LogP contribution in [0.1, 0.15) is 18.7 Å². The number of aromatic nitrogens is 2. The Hall–Kier alpha value is -3.22. The molecule has 1 amide bonds. The van der Waals surface area contributed by atoms with Gasteiger partial charge >= 0.3 is 0 Å². The van der Waals surface area contributed by atoms with Gasteiger partial charge in [0, 0.05) is 19.4 Å². The van der Waals surface area contributed by atoms with Crippen molar-refractivity contribution in [3.05, 3.63) is 66.3 Å². The molecule has 1 aromatic heterocycles. The second kappa shape index (κ2) is 9.47. The summed E-state index contributed by atoms with van der Waals surface area (Å²) >= 11 is 0. The van der Waals surface area contributed by atoms with Crippen molar-refractivity contribution in [3.63, 3.8) is 0 Å². The molecule has 0 fully saturated rings. The van der Waals surface area contributed by atoms with Crippen LogP contribution < -0.4 is 10.1 Å². The van der Waals surface area contributed by atoms with Crippen LogP contribution in [0.15, 0.2) is 59.1 Å². The molecule has 2 aromatic carbocycles. The van der Waals surface area contributed by atoms with E-state index in [0.717, 1.165) is 5.75 Å². The summed E-state index contributed by atoms with van der Waals surface area (Å²) in [5, 5.41) is 6.57. The van der Waals surface area contributed by atoms with Crippen molar-refractivity contribution < 1.29 is 18.4 Å². The van der Waals surface area contributed by atoms with Gasteiger partial charge in [0.1, 0.15) is 11.6 Å². The number of para-hydroxylation sites is 1. The maximum atomic E-state index is 13.7. The van der Waals surface area contributed by atoms with Crippen LogP contribution in [0.2, 0.25) is 0 Å². The van der Waals surface area contributed by atoms with Gasteiger partial charge in [-0.1, -0.05) is 35.5 Å². The summed E-state index contributed by atoms with van der Waals surface area (Å²) in [4.78, 5) is 16.0. The highest BCUT2D eigenvalue weighted by Gasteiger charge is 2.12. The van der Waals surface area contributed by atoms with Crippen molar-refractivity contribution in [3.8, 4) is 17.1 Å². The Bertz CT molecular complexity index is 868. The predicted molar refractivity (Wildman–Crippen MR) is 97.6 cm³/mol. The molecule has 3 rings (SSSR count). The first-order valence-corrected chi connectivity index (χ1v) is 8.74. The molecule has 3 aromatic rings. The number of amides is 1. The molecule has 0 aliphatic rings. The lowest BCUT2D eigenvalue weighted by Crippen LogP contribution is -2.25. The van der Waals surface area contributed by atoms with E-state index in [1.165, 1.54) is 6.07 Å². The highest BCUT2D eigenvalue weighted by Crippen LogP contribution is 2.19. The molecule has 7 heteroatoms. The minimum absolute atomic E-state index is 0.0690. The van der Waals surface area contributed by atoms with Crippen LogP contribution >= 0.6 is 0 Å². The van der Waals surface area contributed by atoms with Gasteiger partial charge in [0.25, 0.3) is 0 Å². The van der Waals surface area contributed by atoms with E-state index in [1.54, 1.807) is 18.2 Å². The fourth-order valence-electron chi connectivity index (χ4n) is 2.45. The zero-order valence-electron chi connectivity index (χ0n) is 14.7. The van der Waals surface area contributed by atoms with E-state index in [9.17, 15) is 9.18 Å². The van der Waals surface area contributed by atoms with Crippen LogP contribution in [0.25, 0.3) is 11.4 Å². The monoisotopic (exact) mass is 369 g/mol. The van der Waals surface area contributed by atoms with E-state index in [1.807, 2.05) is 30.3 Å². The molecule has 0 radical (unpaired) electrons. The summed E-state index contributed by atoms with van der Waals surface area (Å²) in [7, 11) is 0. The summed E-state index contributed by atoms with van der Waals surface area (Å²) in [6, 6.07) is 15.7. The van der Waals surface area contributed by atoms with E-state index < -0.39 is 5.82 Å². The fourth-order valence-corrected chi connectivity index (χ4v) is 2.45. The number of carbonyl (C=O) groups excluding carboxylic acids is 1. The second-order valence-electron chi connectivity index (χ2n) is 5.86. The van der Waals surface area contributed by atoms with Crippen LogP contribution in [0.3, 0.4) is 0 Å². The molecule has 0 unspecified atom stereocenters. The third kappa shape index (κ3) is 5.64. The van der Waals surface area contributed by atoms with Crippen LogP contribution in [-0.2, 0) is 11.2 Å². The molecule has 0 aliphatic heterocycles. The summed E-state index contributed by atoms with van der Waals surface area (Å²) in [5.41, 5.74) is 0.287. The molecule has 0 saturated heterocycles. The fraction of sp³-hybridized carbons (Fsp3) is 0.250. The van der Waals surface area contributed by atoms with Gasteiger partial charge in [-0.25, -0.2) is 4.39 Å². The lowest BCUT2D eigenvalue weighted by Gasteiger charge is -2.06. The summed E-state index contributed by atoms with van der Waals surface area (Å²) in [6.07, 6.45) is 1.38. The largest absolute Gasteiger partial charge is 0.494 e. The Balaban J connectivity index is 1.35. The highest BCUT2D eigenvalue weighted by atomic mass is 19.1. The van der Waals surface area contributed by atoms with Gasteiger partial charge in [-0.3, -0.25) is 4.79 Å². The van der Waals surface area contributed by atoms with Crippen molar-refractivity contribution in [1.29, 1.82) is 0 Å². The van der Waals surface area contributed by atoms with Crippen LogP contribution in [0.5, 0.6) is 5.75 Å². The summed E-state index contributed by atoms with van der Waals surface area (Å²) in [5.74, 6) is 0.866. The van der Waals surface area contributed by atoms with Crippen molar-refractivity contribution in [1.82, 2.24) is 15.5 Å². The number of nitrogens with one attached hydrogen (secondary N) is 1. The Morgan fingerprint density at radius 3 is 2.70 bits per heavy atom. The molecular weight excluding hydrogens is 349 g/mol. The normalized spacial score (nSPS) is 10.6. The molecule has 0 aliphatic carbocycles. The van der Waals surface area contributed by atoms with Crippen molar-refractivity contribution in [2.45, 2.75) is 19.3 Å². The van der Waals surface area contributed by atoms with Gasteiger partial charge in [0.05, 0.1) is 12.2 Å². The molecule has 0 bridgehead atoms. The third-order valence-electron chi connectivity index (χ3n) is 3.80. The molecule has 6 nitrogen and oxygen atoms in total. The topological polar surface area (TPSA) is 77.2 Å². The smallest absolute Gasteiger partial charge is 0.228 e. The number of benzene rings is 2. The maximum absolute atomic E-state index is 13.7. The number of carbonyl (C=O) groups is 1. The molecule has 140 valence electrons. The molecule has 27 heavy (non-hydrogen) atoms. The number of halogens is 1. The molecule has 0 saturated carbocycles. The Kier molecular flexibility index (Phi) is 6.51. The Labute approximate surface area is 156 Å². The highest BCUT2D eigenvalue weighted by molar-refractivity contribution is 5.75. The Morgan fingerprint density at radius 1 is 1.11 bits per heavy atom. The number of hydrogen-bond acceptors (Lipinski definition) is 5. The van der Waals surface area contributed by atoms with Crippen molar-refractivity contribution in [2.75, 3.05) is 13.2 Å². The van der Waals surface area contributed by atoms with Gasteiger partial charge in [-0.05, 0) is 30.7 Å². The van der Waals surface area contributed by atoms with Crippen LogP contribution in [0, 0.1) is 5.82 Å². The van der Waals surface area contributed by atoms with Gasteiger partial charge in [-0.2, -0.15) is 4.98 Å². The lowest BCUT2D eigenvalue weighted by atomic mass is 10.2. The third-order valence-corrected chi connectivity index (χ3v) is 3.80. The SMILES string of the molecule is O=C(CCCOc1ccccc1)NCCc1nc(-c2ccccc2F)no1. The summed E-state index contributed by atoms with van der Waals surface area (Å²) in [6.45, 7) is 0.852. The maximum Gasteiger partial charge on any atom is 0.228 e. The minimum Gasteiger partial charge on any atom is -0.494 e. The molecule has 1 heterocycles. The minimum atomic E-state index is -0.407. The Morgan fingerprint density at radius 2 is 1.89 bits per heavy atom. The molecular formula is C20H20FN3O3. The number of ether oxygens (including phenoxy) is 1.